The fourth-order valence-electron chi connectivity index (χ4n) is 3.57. The Hall–Kier alpha value is -4.02. The lowest BCUT2D eigenvalue weighted by molar-refractivity contribution is -0.384. The van der Waals surface area contributed by atoms with Gasteiger partial charge in [0.1, 0.15) is 19.0 Å². The first-order valence-corrected chi connectivity index (χ1v) is 12.6. The summed E-state index contributed by atoms with van der Waals surface area (Å²) in [6.45, 7) is 2.38. The molecule has 0 aromatic heterocycles. The Bertz CT molecular complexity index is 1390. The maximum absolute atomic E-state index is 12.9. The largest absolute Gasteiger partial charge is 0.493 e. The molecule has 11 heteroatoms. The number of carbonyl (C=O) groups excluding carboxylic acids is 2. The average Bonchev–Trinajstić information content (AvgIpc) is 3.16. The van der Waals surface area contributed by atoms with Crippen molar-refractivity contribution >= 4 is 46.3 Å². The number of aryl methyl sites for hydroxylation is 1. The first-order chi connectivity index (χ1) is 18.2. The van der Waals surface area contributed by atoms with Crippen molar-refractivity contribution in [3.05, 3.63) is 97.4 Å². The molecule has 38 heavy (non-hydrogen) atoms. The van der Waals surface area contributed by atoms with Crippen LogP contribution in [0.2, 0.25) is 5.02 Å². The van der Waals surface area contributed by atoms with E-state index >= 15 is 0 Å². The van der Waals surface area contributed by atoms with E-state index in [0.29, 0.717) is 22.6 Å². The van der Waals surface area contributed by atoms with Crippen LogP contribution in [-0.4, -0.2) is 41.2 Å². The normalized spacial score (nSPS) is 14.2. The molecule has 0 aliphatic carbocycles. The van der Waals surface area contributed by atoms with E-state index in [1.807, 2.05) is 31.2 Å². The van der Waals surface area contributed by atoms with E-state index in [1.54, 1.807) is 30.3 Å². The molecule has 2 amide bonds. The van der Waals surface area contributed by atoms with E-state index in [9.17, 15) is 19.7 Å². The summed E-state index contributed by atoms with van der Waals surface area (Å²) >= 11 is 7.29. The van der Waals surface area contributed by atoms with Crippen LogP contribution in [0.5, 0.6) is 17.2 Å². The molecule has 0 N–H and O–H groups in total. The number of hydrogen-bond donors (Lipinski definition) is 0. The molecule has 3 aromatic rings. The van der Waals surface area contributed by atoms with E-state index in [-0.39, 0.29) is 46.4 Å². The highest BCUT2D eigenvalue weighted by atomic mass is 35.5. The summed E-state index contributed by atoms with van der Waals surface area (Å²) in [4.78, 5) is 37.1. The zero-order chi connectivity index (χ0) is 27.2. The second kappa shape index (κ2) is 12.0. The number of ether oxygens (including phenoxy) is 3. The number of non-ortho nitro benzene ring substituents is 1. The molecule has 196 valence electrons. The van der Waals surface area contributed by atoms with Gasteiger partial charge in [-0.25, -0.2) is 0 Å². The number of nitro benzene ring substituents is 1. The molecule has 0 unspecified atom stereocenters. The number of carbonyl (C=O) groups is 2. The Morgan fingerprint density at radius 3 is 2.42 bits per heavy atom. The number of amides is 2. The third kappa shape index (κ3) is 6.45. The van der Waals surface area contributed by atoms with Gasteiger partial charge in [-0.1, -0.05) is 29.3 Å². The van der Waals surface area contributed by atoms with Crippen molar-refractivity contribution in [1.82, 2.24) is 4.90 Å². The first-order valence-electron chi connectivity index (χ1n) is 11.4. The van der Waals surface area contributed by atoms with Gasteiger partial charge in [0.15, 0.2) is 11.5 Å². The minimum atomic E-state index is -0.475. The highest BCUT2D eigenvalue weighted by molar-refractivity contribution is 8.18. The zero-order valence-electron chi connectivity index (χ0n) is 20.5. The van der Waals surface area contributed by atoms with E-state index < -0.39 is 10.8 Å². The summed E-state index contributed by atoms with van der Waals surface area (Å²) in [5.74, 6) is 0.860. The average molecular weight is 555 g/mol. The van der Waals surface area contributed by atoms with E-state index in [4.69, 9.17) is 25.8 Å². The molecular formula is C27H23ClN2O7S. The number of benzene rings is 3. The monoisotopic (exact) mass is 554 g/mol. The second-order valence-electron chi connectivity index (χ2n) is 8.24. The van der Waals surface area contributed by atoms with Gasteiger partial charge in [-0.05, 0) is 72.3 Å². The summed E-state index contributed by atoms with van der Waals surface area (Å²) in [7, 11) is 1.45. The third-order valence-corrected chi connectivity index (χ3v) is 6.75. The minimum Gasteiger partial charge on any atom is -0.493 e. The van der Waals surface area contributed by atoms with E-state index in [2.05, 4.69) is 0 Å². The third-order valence-electron chi connectivity index (χ3n) is 5.56. The SMILES string of the molecule is COc1cc(/C=C2\SC(=O)N(CCOc3ccc(C)cc3)C2=O)cc(Cl)c1OCc1ccc([N+](=O)[O-])cc1. The van der Waals surface area contributed by atoms with Crippen LogP contribution in [0.4, 0.5) is 10.5 Å². The molecule has 0 bridgehead atoms. The summed E-state index contributed by atoms with van der Waals surface area (Å²) in [6.07, 6.45) is 1.57. The van der Waals surface area contributed by atoms with Crippen LogP contribution >= 0.6 is 23.4 Å². The van der Waals surface area contributed by atoms with Crippen LogP contribution in [-0.2, 0) is 11.4 Å². The molecule has 0 saturated carbocycles. The van der Waals surface area contributed by atoms with Crippen molar-refractivity contribution in [3.8, 4) is 17.2 Å². The van der Waals surface area contributed by atoms with Gasteiger partial charge >= 0.3 is 0 Å². The lowest BCUT2D eigenvalue weighted by Crippen LogP contribution is -2.32. The van der Waals surface area contributed by atoms with Gasteiger partial charge in [-0.2, -0.15) is 0 Å². The number of nitrogens with zero attached hydrogens (tertiary/aromatic N) is 2. The lowest BCUT2D eigenvalue weighted by atomic mass is 10.1. The number of imide groups is 1. The molecule has 1 aliphatic heterocycles. The maximum Gasteiger partial charge on any atom is 0.293 e. The van der Waals surface area contributed by atoms with Crippen molar-refractivity contribution in [2.24, 2.45) is 0 Å². The smallest absolute Gasteiger partial charge is 0.293 e. The summed E-state index contributed by atoms with van der Waals surface area (Å²) < 4.78 is 16.9. The zero-order valence-corrected chi connectivity index (χ0v) is 22.1. The van der Waals surface area contributed by atoms with Crippen LogP contribution in [0.25, 0.3) is 6.08 Å². The standard InChI is InChI=1S/C27H23ClN2O7S/c1-17-3-9-21(10-4-17)36-12-11-29-26(31)24(38-27(29)32)15-19-13-22(28)25(23(14-19)35-2)37-16-18-5-7-20(8-6-18)30(33)34/h3-10,13-15H,11-12,16H2,1-2H3/b24-15-. The van der Waals surface area contributed by atoms with E-state index in [0.717, 1.165) is 22.2 Å². The number of rotatable bonds is 10. The van der Waals surface area contributed by atoms with Crippen molar-refractivity contribution in [3.63, 3.8) is 0 Å². The lowest BCUT2D eigenvalue weighted by Gasteiger charge is -2.14. The Balaban J connectivity index is 1.42. The molecule has 0 atom stereocenters. The number of thioether (sulfide) groups is 1. The van der Waals surface area contributed by atoms with Crippen molar-refractivity contribution in [1.29, 1.82) is 0 Å². The summed E-state index contributed by atoms with van der Waals surface area (Å²) in [5, 5.41) is 10.7. The molecule has 1 saturated heterocycles. The molecule has 9 nitrogen and oxygen atoms in total. The fourth-order valence-corrected chi connectivity index (χ4v) is 4.70. The molecule has 0 radical (unpaired) electrons. The Labute approximate surface area is 228 Å². The number of hydrogen-bond acceptors (Lipinski definition) is 8. The first kappa shape index (κ1) is 27.0. The van der Waals surface area contributed by atoms with Crippen molar-refractivity contribution < 1.29 is 28.7 Å². The Morgan fingerprint density at radius 1 is 1.05 bits per heavy atom. The minimum absolute atomic E-state index is 0.0167. The quantitative estimate of drug-likeness (QED) is 0.164. The van der Waals surface area contributed by atoms with Crippen molar-refractivity contribution in [2.45, 2.75) is 13.5 Å². The fraction of sp³-hybridized carbons (Fsp3) is 0.185. The topological polar surface area (TPSA) is 108 Å². The molecule has 1 heterocycles. The molecule has 3 aromatic carbocycles. The van der Waals surface area contributed by atoms with Gasteiger partial charge in [0.25, 0.3) is 16.8 Å². The van der Waals surface area contributed by atoms with Gasteiger partial charge < -0.3 is 14.2 Å². The number of nitro groups is 1. The van der Waals surface area contributed by atoms with Gasteiger partial charge in [-0.15, -0.1) is 0 Å². The molecule has 4 rings (SSSR count). The highest BCUT2D eigenvalue weighted by Crippen LogP contribution is 2.39. The van der Waals surface area contributed by atoms with Gasteiger partial charge in [0, 0.05) is 12.1 Å². The Kier molecular flexibility index (Phi) is 8.55. The maximum atomic E-state index is 12.9. The van der Waals surface area contributed by atoms with Crippen molar-refractivity contribution in [2.75, 3.05) is 20.3 Å². The van der Waals surface area contributed by atoms with Crippen LogP contribution in [0.3, 0.4) is 0 Å². The van der Waals surface area contributed by atoms with Gasteiger partial charge in [0.2, 0.25) is 0 Å². The number of halogens is 1. The predicted molar refractivity (Wildman–Crippen MR) is 145 cm³/mol. The van der Waals surface area contributed by atoms with E-state index in [1.165, 1.54) is 19.2 Å². The van der Waals surface area contributed by atoms with Crippen LogP contribution in [0.1, 0.15) is 16.7 Å². The van der Waals surface area contributed by atoms with Gasteiger partial charge in [0.05, 0.1) is 28.5 Å². The molecule has 0 spiro atoms. The highest BCUT2D eigenvalue weighted by Gasteiger charge is 2.35. The summed E-state index contributed by atoms with van der Waals surface area (Å²) in [5.41, 5.74) is 2.35. The van der Waals surface area contributed by atoms with Crippen LogP contribution in [0.15, 0.2) is 65.6 Å². The molecular weight excluding hydrogens is 532 g/mol. The van der Waals surface area contributed by atoms with Gasteiger partial charge in [-0.3, -0.25) is 24.6 Å². The predicted octanol–water partition coefficient (Wildman–Crippen LogP) is 6.26. The number of methoxy groups -OCH3 is 1. The molecule has 1 aliphatic rings. The Morgan fingerprint density at radius 2 is 1.76 bits per heavy atom. The summed E-state index contributed by atoms with van der Waals surface area (Å²) in [6, 6.07) is 16.7. The van der Waals surface area contributed by atoms with Crippen LogP contribution in [0, 0.1) is 17.0 Å². The molecule has 1 fully saturated rings. The second-order valence-corrected chi connectivity index (χ2v) is 9.64. The van der Waals surface area contributed by atoms with Crippen LogP contribution < -0.4 is 14.2 Å².